The van der Waals surface area contributed by atoms with E-state index >= 15 is 0 Å². The lowest BCUT2D eigenvalue weighted by Crippen LogP contribution is -2.48. The topological polar surface area (TPSA) is 40.5 Å². The normalized spacial score (nSPS) is 24.1. The highest BCUT2D eigenvalue weighted by molar-refractivity contribution is 6.31. The van der Waals surface area contributed by atoms with E-state index in [0.717, 1.165) is 18.4 Å². The van der Waals surface area contributed by atoms with Crippen molar-refractivity contribution in [3.8, 4) is 0 Å². The molecule has 1 amide bonds. The molecule has 0 saturated carbocycles. The van der Waals surface area contributed by atoms with E-state index in [1.165, 1.54) is 0 Å². The summed E-state index contributed by atoms with van der Waals surface area (Å²) in [6, 6.07) is 5.33. The summed E-state index contributed by atoms with van der Waals surface area (Å²) in [5.74, 6) is -0.0584. The molecule has 1 aliphatic heterocycles. The molecule has 0 spiro atoms. The maximum absolute atomic E-state index is 12.3. The average molecular weight is 268 g/mol. The Bertz CT molecular complexity index is 471. The van der Waals surface area contributed by atoms with Crippen molar-refractivity contribution in [2.75, 3.05) is 13.1 Å². The number of hydrogen-bond donors (Lipinski definition) is 1. The predicted octanol–water partition coefficient (Wildman–Crippen LogP) is 2.64. The molecule has 1 heterocycles. The molecule has 1 aromatic rings. The molecular formula is C14H18ClNO2. The Hall–Kier alpha value is -1.06. The third-order valence-corrected chi connectivity index (χ3v) is 3.79. The van der Waals surface area contributed by atoms with E-state index in [-0.39, 0.29) is 5.91 Å². The number of piperidine rings is 1. The summed E-state index contributed by atoms with van der Waals surface area (Å²) >= 11 is 6.03. The van der Waals surface area contributed by atoms with Gasteiger partial charge >= 0.3 is 0 Å². The minimum absolute atomic E-state index is 0.0584. The predicted molar refractivity (Wildman–Crippen MR) is 72.0 cm³/mol. The Labute approximate surface area is 112 Å². The fraction of sp³-hybridized carbons (Fsp3) is 0.500. The Kier molecular flexibility index (Phi) is 3.64. The lowest BCUT2D eigenvalue weighted by molar-refractivity contribution is -0.0107. The van der Waals surface area contributed by atoms with Crippen LogP contribution in [0.4, 0.5) is 0 Å². The van der Waals surface area contributed by atoms with Crippen molar-refractivity contribution in [1.82, 2.24) is 4.90 Å². The van der Waals surface area contributed by atoms with E-state index in [9.17, 15) is 9.90 Å². The van der Waals surface area contributed by atoms with E-state index in [1.807, 2.05) is 13.0 Å². The second-order valence-corrected chi connectivity index (χ2v) is 5.70. The lowest BCUT2D eigenvalue weighted by Gasteiger charge is -2.36. The zero-order valence-corrected chi connectivity index (χ0v) is 11.5. The molecule has 0 radical (unpaired) electrons. The van der Waals surface area contributed by atoms with E-state index in [0.29, 0.717) is 23.7 Å². The van der Waals surface area contributed by atoms with Gasteiger partial charge in [-0.2, -0.15) is 0 Å². The standard InChI is InChI=1S/C14H18ClNO2/c1-10-4-5-11(8-12(10)15)13(17)16-7-3-6-14(2,18)9-16/h4-5,8,18H,3,6-7,9H2,1-2H3. The number of benzene rings is 1. The number of carbonyl (C=O) groups excluding carboxylic acids is 1. The molecule has 1 saturated heterocycles. The molecule has 0 bridgehead atoms. The van der Waals surface area contributed by atoms with Crippen LogP contribution in [0.5, 0.6) is 0 Å². The molecule has 1 fully saturated rings. The van der Waals surface area contributed by atoms with Gasteiger partial charge in [-0.1, -0.05) is 17.7 Å². The molecule has 2 rings (SSSR count). The molecule has 1 N–H and O–H groups in total. The first-order chi connectivity index (χ1) is 8.39. The number of β-amino-alcohol motifs (C(OH)–C–C–N with tert-alkyl or cyclic N) is 1. The van der Waals surface area contributed by atoms with Crippen LogP contribution in [0.2, 0.25) is 5.02 Å². The summed E-state index contributed by atoms with van der Waals surface area (Å²) in [5, 5.41) is 10.6. The molecule has 0 aliphatic carbocycles. The largest absolute Gasteiger partial charge is 0.388 e. The minimum atomic E-state index is -0.775. The van der Waals surface area contributed by atoms with Gasteiger partial charge in [0.1, 0.15) is 0 Å². The second kappa shape index (κ2) is 4.90. The summed E-state index contributed by atoms with van der Waals surface area (Å²) in [6.07, 6.45) is 1.57. The van der Waals surface area contributed by atoms with Gasteiger partial charge in [-0.05, 0) is 44.4 Å². The monoisotopic (exact) mass is 267 g/mol. The van der Waals surface area contributed by atoms with Crippen LogP contribution >= 0.6 is 11.6 Å². The zero-order valence-electron chi connectivity index (χ0n) is 10.7. The van der Waals surface area contributed by atoms with Crippen LogP contribution in [0.1, 0.15) is 35.7 Å². The first-order valence-electron chi connectivity index (χ1n) is 6.17. The number of carbonyl (C=O) groups is 1. The molecule has 1 aliphatic rings. The molecule has 4 heteroatoms. The number of halogens is 1. The third kappa shape index (κ3) is 2.85. The lowest BCUT2D eigenvalue weighted by atomic mass is 9.94. The van der Waals surface area contributed by atoms with Crippen LogP contribution in [-0.4, -0.2) is 34.6 Å². The molecule has 1 atom stereocenters. The quantitative estimate of drug-likeness (QED) is 0.850. The molecule has 1 aromatic carbocycles. The van der Waals surface area contributed by atoms with Crippen LogP contribution in [-0.2, 0) is 0 Å². The zero-order chi connectivity index (χ0) is 13.3. The number of amides is 1. The van der Waals surface area contributed by atoms with Crippen LogP contribution in [0.25, 0.3) is 0 Å². The van der Waals surface area contributed by atoms with E-state index in [2.05, 4.69) is 0 Å². The number of aryl methyl sites for hydroxylation is 1. The smallest absolute Gasteiger partial charge is 0.254 e. The highest BCUT2D eigenvalue weighted by atomic mass is 35.5. The number of hydrogen-bond acceptors (Lipinski definition) is 2. The number of nitrogens with zero attached hydrogens (tertiary/aromatic N) is 1. The van der Waals surface area contributed by atoms with Crippen LogP contribution in [0.3, 0.4) is 0 Å². The van der Waals surface area contributed by atoms with Gasteiger partial charge < -0.3 is 10.0 Å². The van der Waals surface area contributed by atoms with Crippen LogP contribution < -0.4 is 0 Å². The van der Waals surface area contributed by atoms with Crippen molar-refractivity contribution in [2.24, 2.45) is 0 Å². The molecule has 0 aromatic heterocycles. The van der Waals surface area contributed by atoms with Gasteiger partial charge in [-0.25, -0.2) is 0 Å². The fourth-order valence-electron chi connectivity index (χ4n) is 2.30. The van der Waals surface area contributed by atoms with Crippen molar-refractivity contribution in [3.63, 3.8) is 0 Å². The minimum Gasteiger partial charge on any atom is -0.388 e. The van der Waals surface area contributed by atoms with Crippen molar-refractivity contribution in [1.29, 1.82) is 0 Å². The van der Waals surface area contributed by atoms with Gasteiger partial charge in [-0.3, -0.25) is 4.79 Å². The Balaban J connectivity index is 2.18. The molecular weight excluding hydrogens is 250 g/mol. The van der Waals surface area contributed by atoms with Gasteiger partial charge in [0, 0.05) is 23.7 Å². The molecule has 3 nitrogen and oxygen atoms in total. The number of rotatable bonds is 1. The summed E-state index contributed by atoms with van der Waals surface area (Å²) in [6.45, 7) is 4.76. The maximum Gasteiger partial charge on any atom is 0.254 e. The van der Waals surface area contributed by atoms with Gasteiger partial charge in [0.2, 0.25) is 0 Å². The summed E-state index contributed by atoms with van der Waals surface area (Å²) in [5.41, 5.74) is 0.768. The van der Waals surface area contributed by atoms with Gasteiger partial charge in [0.15, 0.2) is 0 Å². The maximum atomic E-state index is 12.3. The van der Waals surface area contributed by atoms with Crippen molar-refractivity contribution < 1.29 is 9.90 Å². The van der Waals surface area contributed by atoms with Gasteiger partial charge in [-0.15, -0.1) is 0 Å². The fourth-order valence-corrected chi connectivity index (χ4v) is 2.48. The van der Waals surface area contributed by atoms with E-state index < -0.39 is 5.60 Å². The third-order valence-electron chi connectivity index (χ3n) is 3.38. The molecule has 98 valence electrons. The van der Waals surface area contributed by atoms with Crippen LogP contribution in [0.15, 0.2) is 18.2 Å². The highest BCUT2D eigenvalue weighted by Gasteiger charge is 2.31. The van der Waals surface area contributed by atoms with E-state index in [1.54, 1.807) is 24.0 Å². The highest BCUT2D eigenvalue weighted by Crippen LogP contribution is 2.23. The molecule has 1 unspecified atom stereocenters. The summed E-state index contributed by atoms with van der Waals surface area (Å²) < 4.78 is 0. The average Bonchev–Trinajstić information content (AvgIpc) is 2.30. The summed E-state index contributed by atoms with van der Waals surface area (Å²) in [7, 11) is 0. The Morgan fingerprint density at radius 3 is 2.83 bits per heavy atom. The first-order valence-corrected chi connectivity index (χ1v) is 6.55. The summed E-state index contributed by atoms with van der Waals surface area (Å²) in [4.78, 5) is 14.0. The number of aliphatic hydroxyl groups is 1. The SMILES string of the molecule is Cc1ccc(C(=O)N2CCCC(C)(O)C2)cc1Cl. The molecule has 18 heavy (non-hydrogen) atoms. The van der Waals surface area contributed by atoms with E-state index in [4.69, 9.17) is 11.6 Å². The van der Waals surface area contributed by atoms with Gasteiger partial charge in [0.25, 0.3) is 5.91 Å². The van der Waals surface area contributed by atoms with Crippen molar-refractivity contribution in [3.05, 3.63) is 34.3 Å². The number of likely N-dealkylation sites (tertiary alicyclic amines) is 1. The van der Waals surface area contributed by atoms with Crippen LogP contribution in [0, 0.1) is 6.92 Å². The van der Waals surface area contributed by atoms with Gasteiger partial charge in [0.05, 0.1) is 5.60 Å². The second-order valence-electron chi connectivity index (χ2n) is 5.29. The Morgan fingerprint density at radius 1 is 1.50 bits per heavy atom. The van der Waals surface area contributed by atoms with Crippen molar-refractivity contribution in [2.45, 2.75) is 32.3 Å². The van der Waals surface area contributed by atoms with Crippen molar-refractivity contribution >= 4 is 17.5 Å². The Morgan fingerprint density at radius 2 is 2.22 bits per heavy atom. The first kappa shape index (κ1) is 13.4.